The lowest BCUT2D eigenvalue weighted by atomic mass is 9.78. The number of likely N-dealkylation sites (tertiary alicyclic amines) is 1. The van der Waals surface area contributed by atoms with Crippen molar-refractivity contribution in [2.24, 2.45) is 5.92 Å². The number of rotatable bonds is 5. The van der Waals surface area contributed by atoms with Crippen molar-refractivity contribution >= 4 is 29.2 Å². The molecule has 3 heterocycles. The van der Waals surface area contributed by atoms with Gasteiger partial charge >= 0.3 is 6.03 Å². The van der Waals surface area contributed by atoms with Gasteiger partial charge in [-0.2, -0.15) is 0 Å². The van der Waals surface area contributed by atoms with E-state index in [-0.39, 0.29) is 29.8 Å². The molecule has 0 saturated carbocycles. The van der Waals surface area contributed by atoms with Crippen LogP contribution in [0.1, 0.15) is 47.9 Å². The second-order valence-electron chi connectivity index (χ2n) is 9.65. The van der Waals surface area contributed by atoms with E-state index in [1.54, 1.807) is 11.3 Å². The molecule has 1 aliphatic carbocycles. The van der Waals surface area contributed by atoms with Gasteiger partial charge in [0.2, 0.25) is 5.91 Å². The predicted molar refractivity (Wildman–Crippen MR) is 126 cm³/mol. The number of imide groups is 1. The number of aryl methyl sites for hydroxylation is 2. The molecule has 0 spiro atoms. The normalized spacial score (nSPS) is 23.8. The lowest BCUT2D eigenvalue weighted by Gasteiger charge is -2.39. The van der Waals surface area contributed by atoms with Gasteiger partial charge in [-0.3, -0.25) is 14.5 Å². The zero-order valence-electron chi connectivity index (χ0n) is 19.2. The molecule has 2 fully saturated rings. The number of urea groups is 1. The predicted octanol–water partition coefficient (Wildman–Crippen LogP) is 3.10. The molecule has 4 amide bonds. The molecule has 1 N–H and O–H groups in total. The van der Waals surface area contributed by atoms with Crippen molar-refractivity contribution in [1.29, 1.82) is 0 Å². The molecule has 1 aromatic carbocycles. The highest BCUT2D eigenvalue weighted by Gasteiger charge is 2.55. The van der Waals surface area contributed by atoms with Gasteiger partial charge in [0.1, 0.15) is 5.54 Å². The van der Waals surface area contributed by atoms with Gasteiger partial charge in [0.25, 0.3) is 5.91 Å². The number of fused-ring (bicyclic) bond motifs is 1. The van der Waals surface area contributed by atoms with E-state index in [1.807, 2.05) is 36.4 Å². The van der Waals surface area contributed by atoms with Gasteiger partial charge in [0.05, 0.1) is 11.2 Å². The molecule has 7 nitrogen and oxygen atoms in total. The van der Waals surface area contributed by atoms with E-state index in [0.717, 1.165) is 25.0 Å². The van der Waals surface area contributed by atoms with Crippen LogP contribution in [0, 0.1) is 12.8 Å². The Hall–Kier alpha value is -2.74. The Kier molecular flexibility index (Phi) is 5.72. The van der Waals surface area contributed by atoms with Crippen molar-refractivity contribution in [2.75, 3.05) is 13.1 Å². The average molecular weight is 467 g/mol. The van der Waals surface area contributed by atoms with Crippen LogP contribution in [-0.4, -0.2) is 57.3 Å². The summed E-state index contributed by atoms with van der Waals surface area (Å²) in [6.45, 7) is 5.09. The van der Waals surface area contributed by atoms with Crippen molar-refractivity contribution in [3.8, 4) is 0 Å². The summed E-state index contributed by atoms with van der Waals surface area (Å²) >= 11 is 1.60. The first-order chi connectivity index (χ1) is 15.9. The quantitative estimate of drug-likeness (QED) is 0.687. The van der Waals surface area contributed by atoms with Gasteiger partial charge in [-0.05, 0) is 63.0 Å². The number of carbonyl (C=O) groups is 3. The number of thiazole rings is 1. The largest absolute Gasteiger partial charge is 0.343 e. The highest BCUT2D eigenvalue weighted by Crippen LogP contribution is 2.36. The first-order valence-corrected chi connectivity index (χ1v) is 12.6. The van der Waals surface area contributed by atoms with Crippen molar-refractivity contribution in [3.63, 3.8) is 0 Å². The van der Waals surface area contributed by atoms with Gasteiger partial charge in [0, 0.05) is 30.4 Å². The maximum atomic E-state index is 13.5. The van der Waals surface area contributed by atoms with Crippen LogP contribution in [0.3, 0.4) is 0 Å². The average Bonchev–Trinajstić information content (AvgIpc) is 3.48. The fraction of sp³-hybridized carbons (Fsp3) is 0.520. The van der Waals surface area contributed by atoms with Crippen molar-refractivity contribution in [3.05, 3.63) is 51.5 Å². The Bertz CT molecular complexity index is 1070. The van der Waals surface area contributed by atoms with Crippen LogP contribution in [0.2, 0.25) is 0 Å². The van der Waals surface area contributed by atoms with Crippen LogP contribution in [0.4, 0.5) is 4.79 Å². The molecule has 0 unspecified atom stereocenters. The molecular formula is C25H30N4O3S. The van der Waals surface area contributed by atoms with Crippen LogP contribution in [-0.2, 0) is 28.9 Å². The molecule has 5 rings (SSSR count). The SMILES string of the molecule is Cc1ncsc1CCC(=O)N1CCC([C@@]2(C)NC(=O)N(C3Cc4ccccc4C3)C2=O)CC1. The Morgan fingerprint density at radius 2 is 1.85 bits per heavy atom. The fourth-order valence-corrected chi connectivity index (χ4v) is 6.44. The monoisotopic (exact) mass is 466 g/mol. The number of benzene rings is 1. The third kappa shape index (κ3) is 3.94. The third-order valence-electron chi connectivity index (χ3n) is 7.72. The van der Waals surface area contributed by atoms with Crippen molar-refractivity contribution in [1.82, 2.24) is 20.1 Å². The number of carbonyl (C=O) groups excluding carboxylic acids is 3. The van der Waals surface area contributed by atoms with Gasteiger partial charge in [-0.15, -0.1) is 11.3 Å². The van der Waals surface area contributed by atoms with Crippen LogP contribution >= 0.6 is 11.3 Å². The van der Waals surface area contributed by atoms with Crippen LogP contribution < -0.4 is 5.32 Å². The molecule has 1 aromatic heterocycles. The number of hydrogen-bond donors (Lipinski definition) is 1. The summed E-state index contributed by atoms with van der Waals surface area (Å²) in [6.07, 6.45) is 4.07. The highest BCUT2D eigenvalue weighted by molar-refractivity contribution is 7.09. The molecule has 33 heavy (non-hydrogen) atoms. The molecule has 0 radical (unpaired) electrons. The van der Waals surface area contributed by atoms with Gasteiger partial charge in [0.15, 0.2) is 0 Å². The zero-order chi connectivity index (χ0) is 23.2. The Morgan fingerprint density at radius 3 is 2.45 bits per heavy atom. The second-order valence-corrected chi connectivity index (χ2v) is 10.6. The minimum atomic E-state index is -0.902. The van der Waals surface area contributed by atoms with Crippen LogP contribution in [0.15, 0.2) is 29.8 Å². The van der Waals surface area contributed by atoms with E-state index in [0.29, 0.717) is 32.4 Å². The molecule has 2 aromatic rings. The van der Waals surface area contributed by atoms with E-state index >= 15 is 0 Å². The highest BCUT2D eigenvalue weighted by atomic mass is 32.1. The standard InChI is InChI=1S/C25H30N4O3S/c1-16-21(33-15-26-16)7-8-22(30)28-11-9-19(10-12-28)25(2)23(31)29(24(32)27-25)20-13-17-5-3-4-6-18(17)14-20/h3-6,15,19-20H,7-14H2,1-2H3,(H,27,32)/t25-/m1/s1. The van der Waals surface area contributed by atoms with Crippen molar-refractivity contribution < 1.29 is 14.4 Å². The maximum absolute atomic E-state index is 13.5. The third-order valence-corrected chi connectivity index (χ3v) is 8.71. The summed E-state index contributed by atoms with van der Waals surface area (Å²) in [5.74, 6) is 0.0600. The van der Waals surface area contributed by atoms with Gasteiger partial charge < -0.3 is 10.2 Å². The number of nitrogens with one attached hydrogen (secondary N) is 1. The Labute approximate surface area is 198 Å². The number of nitrogens with zero attached hydrogens (tertiary/aromatic N) is 3. The summed E-state index contributed by atoms with van der Waals surface area (Å²) < 4.78 is 0. The second kappa shape index (κ2) is 8.56. The molecular weight excluding hydrogens is 436 g/mol. The minimum absolute atomic E-state index is 0.0236. The van der Waals surface area contributed by atoms with E-state index in [2.05, 4.69) is 22.4 Å². The van der Waals surface area contributed by atoms with Gasteiger partial charge in [-0.25, -0.2) is 9.78 Å². The lowest BCUT2D eigenvalue weighted by Crippen LogP contribution is -2.55. The van der Waals surface area contributed by atoms with E-state index in [1.165, 1.54) is 20.9 Å². The molecule has 2 aliphatic heterocycles. The smallest absolute Gasteiger partial charge is 0.325 e. The number of piperidine rings is 1. The minimum Gasteiger partial charge on any atom is -0.343 e. The molecule has 1 atom stereocenters. The molecule has 174 valence electrons. The molecule has 8 heteroatoms. The van der Waals surface area contributed by atoms with Gasteiger partial charge in [-0.1, -0.05) is 24.3 Å². The van der Waals surface area contributed by atoms with E-state index in [9.17, 15) is 14.4 Å². The molecule has 3 aliphatic rings. The summed E-state index contributed by atoms with van der Waals surface area (Å²) in [5.41, 5.74) is 4.36. The van der Waals surface area contributed by atoms with Crippen LogP contribution in [0.5, 0.6) is 0 Å². The van der Waals surface area contributed by atoms with Crippen LogP contribution in [0.25, 0.3) is 0 Å². The summed E-state index contributed by atoms with van der Waals surface area (Å²) in [5, 5.41) is 3.03. The van der Waals surface area contributed by atoms with Crippen molar-refractivity contribution in [2.45, 2.75) is 64.0 Å². The summed E-state index contributed by atoms with van der Waals surface area (Å²) in [6, 6.07) is 7.77. The number of hydrogen-bond acceptors (Lipinski definition) is 5. The summed E-state index contributed by atoms with van der Waals surface area (Å²) in [7, 11) is 0. The zero-order valence-corrected chi connectivity index (χ0v) is 20.0. The summed E-state index contributed by atoms with van der Waals surface area (Å²) in [4.78, 5) is 47.9. The van der Waals surface area contributed by atoms with E-state index < -0.39 is 5.54 Å². The Morgan fingerprint density at radius 1 is 1.18 bits per heavy atom. The first-order valence-electron chi connectivity index (χ1n) is 11.8. The fourth-order valence-electron chi connectivity index (χ4n) is 5.66. The lowest BCUT2D eigenvalue weighted by molar-refractivity contribution is -0.136. The molecule has 2 saturated heterocycles. The maximum Gasteiger partial charge on any atom is 0.325 e. The topological polar surface area (TPSA) is 82.6 Å². The molecule has 0 bridgehead atoms. The Balaban J connectivity index is 1.19. The number of amides is 4. The first kappa shape index (κ1) is 22.1. The van der Waals surface area contributed by atoms with E-state index in [4.69, 9.17) is 0 Å². The number of aromatic nitrogens is 1.